The van der Waals surface area contributed by atoms with E-state index in [1.807, 2.05) is 14.2 Å². The Morgan fingerprint density at radius 1 is 0.700 bits per heavy atom. The second kappa shape index (κ2) is 10.2. The SMILES string of the molecule is COc1ccc(-c2ccc(C)cc2)c(OC)c1P(C1CCCCC1)C1CCCCC1. The molecule has 2 saturated carbocycles. The Labute approximate surface area is 184 Å². The predicted octanol–water partition coefficient (Wildman–Crippen LogP) is 7.45. The lowest BCUT2D eigenvalue weighted by atomic mass is 9.99. The quantitative estimate of drug-likeness (QED) is 0.448. The molecule has 2 aliphatic carbocycles. The Hall–Kier alpha value is -1.53. The molecule has 2 aromatic carbocycles. The van der Waals surface area contributed by atoms with Crippen LogP contribution in [0.4, 0.5) is 0 Å². The van der Waals surface area contributed by atoms with Crippen molar-refractivity contribution in [2.45, 2.75) is 82.4 Å². The second-order valence-electron chi connectivity index (χ2n) is 9.05. The molecular weight excluding hydrogens is 387 g/mol. The van der Waals surface area contributed by atoms with Gasteiger partial charge in [-0.2, -0.15) is 0 Å². The van der Waals surface area contributed by atoms with Gasteiger partial charge in [0.15, 0.2) is 0 Å². The third kappa shape index (κ3) is 4.54. The highest BCUT2D eigenvalue weighted by Crippen LogP contribution is 2.58. The summed E-state index contributed by atoms with van der Waals surface area (Å²) in [5.41, 5.74) is 5.37. The van der Waals surface area contributed by atoms with Gasteiger partial charge in [-0.15, -0.1) is 0 Å². The molecule has 2 aliphatic rings. The first-order valence-electron chi connectivity index (χ1n) is 11.8. The second-order valence-corrected chi connectivity index (χ2v) is 11.8. The minimum Gasteiger partial charge on any atom is -0.496 e. The Morgan fingerprint density at radius 3 is 1.77 bits per heavy atom. The summed E-state index contributed by atoms with van der Waals surface area (Å²) in [6, 6.07) is 13.3. The summed E-state index contributed by atoms with van der Waals surface area (Å²) in [5, 5.41) is 1.41. The minimum atomic E-state index is -0.308. The molecule has 0 amide bonds. The Bertz CT molecular complexity index is 800. The molecule has 2 fully saturated rings. The van der Waals surface area contributed by atoms with Crippen molar-refractivity contribution >= 4 is 13.2 Å². The number of aryl methyl sites for hydroxylation is 1. The molecular formula is C27H37O2P. The van der Waals surface area contributed by atoms with Gasteiger partial charge in [0.2, 0.25) is 0 Å². The van der Waals surface area contributed by atoms with Gasteiger partial charge in [-0.3, -0.25) is 0 Å². The first-order chi connectivity index (χ1) is 14.7. The van der Waals surface area contributed by atoms with Gasteiger partial charge in [-0.1, -0.05) is 76.3 Å². The van der Waals surface area contributed by atoms with E-state index in [1.54, 1.807) is 0 Å². The first kappa shape index (κ1) is 21.7. The highest BCUT2D eigenvalue weighted by molar-refractivity contribution is 7.67. The lowest BCUT2D eigenvalue weighted by molar-refractivity contribution is 0.401. The molecule has 3 heteroatoms. The molecule has 0 aromatic heterocycles. The summed E-state index contributed by atoms with van der Waals surface area (Å²) in [5.74, 6) is 2.12. The summed E-state index contributed by atoms with van der Waals surface area (Å²) in [6.45, 7) is 2.14. The van der Waals surface area contributed by atoms with Crippen molar-refractivity contribution in [3.63, 3.8) is 0 Å². The van der Waals surface area contributed by atoms with E-state index < -0.39 is 0 Å². The van der Waals surface area contributed by atoms with E-state index in [4.69, 9.17) is 9.47 Å². The zero-order valence-corrected chi connectivity index (χ0v) is 19.8. The van der Waals surface area contributed by atoms with Gasteiger partial charge in [-0.05, 0) is 61.6 Å². The fourth-order valence-corrected chi connectivity index (χ4v) is 9.55. The van der Waals surface area contributed by atoms with Gasteiger partial charge in [0.1, 0.15) is 11.5 Å². The summed E-state index contributed by atoms with van der Waals surface area (Å²) < 4.78 is 12.2. The fourth-order valence-electron chi connectivity index (χ4n) is 5.51. The monoisotopic (exact) mass is 424 g/mol. The molecule has 0 atom stereocenters. The van der Waals surface area contributed by atoms with Crippen molar-refractivity contribution in [2.75, 3.05) is 14.2 Å². The average Bonchev–Trinajstić information content (AvgIpc) is 2.81. The highest BCUT2D eigenvalue weighted by Gasteiger charge is 2.36. The van der Waals surface area contributed by atoms with E-state index in [1.165, 1.54) is 86.2 Å². The molecule has 0 radical (unpaired) electrons. The van der Waals surface area contributed by atoms with Crippen LogP contribution in [0.2, 0.25) is 0 Å². The van der Waals surface area contributed by atoms with Crippen molar-refractivity contribution in [2.24, 2.45) is 0 Å². The van der Waals surface area contributed by atoms with Crippen molar-refractivity contribution in [1.82, 2.24) is 0 Å². The van der Waals surface area contributed by atoms with Crippen LogP contribution in [0.5, 0.6) is 11.5 Å². The van der Waals surface area contributed by atoms with Crippen LogP contribution in [0.1, 0.15) is 69.8 Å². The van der Waals surface area contributed by atoms with E-state index in [-0.39, 0.29) is 7.92 Å². The van der Waals surface area contributed by atoms with Gasteiger partial charge in [0, 0.05) is 5.56 Å². The van der Waals surface area contributed by atoms with Gasteiger partial charge >= 0.3 is 0 Å². The standard InChI is InChI=1S/C27H37O2P/c1-20-14-16-21(17-15-20)24-18-19-25(28-2)27(26(24)29-3)30(22-10-6-4-7-11-22)23-12-8-5-9-13-23/h14-19,22-23H,4-13H2,1-3H3. The molecule has 0 saturated heterocycles. The summed E-state index contributed by atoms with van der Waals surface area (Å²) in [6.07, 6.45) is 13.9. The summed E-state index contributed by atoms with van der Waals surface area (Å²) in [7, 11) is 3.38. The third-order valence-corrected chi connectivity index (χ3v) is 10.6. The van der Waals surface area contributed by atoms with Gasteiger partial charge in [-0.25, -0.2) is 0 Å². The first-order valence-corrected chi connectivity index (χ1v) is 13.3. The number of ether oxygens (including phenoxy) is 2. The maximum Gasteiger partial charge on any atom is 0.138 e. The molecule has 2 nitrogen and oxygen atoms in total. The van der Waals surface area contributed by atoms with Crippen molar-refractivity contribution in [3.8, 4) is 22.6 Å². The molecule has 4 rings (SSSR count). The fraction of sp³-hybridized carbons (Fsp3) is 0.556. The number of methoxy groups -OCH3 is 2. The molecule has 0 aliphatic heterocycles. The largest absolute Gasteiger partial charge is 0.496 e. The summed E-state index contributed by atoms with van der Waals surface area (Å²) >= 11 is 0. The van der Waals surface area contributed by atoms with Crippen LogP contribution in [-0.2, 0) is 0 Å². The van der Waals surface area contributed by atoms with Crippen LogP contribution in [0.15, 0.2) is 36.4 Å². The third-order valence-electron chi connectivity index (χ3n) is 7.08. The van der Waals surface area contributed by atoms with Crippen LogP contribution in [-0.4, -0.2) is 25.5 Å². The van der Waals surface area contributed by atoms with Crippen LogP contribution in [0.25, 0.3) is 11.1 Å². The van der Waals surface area contributed by atoms with Crippen LogP contribution in [0.3, 0.4) is 0 Å². The van der Waals surface area contributed by atoms with E-state index in [0.29, 0.717) is 0 Å². The zero-order valence-electron chi connectivity index (χ0n) is 19.0. The normalized spacial score (nSPS) is 18.5. The smallest absolute Gasteiger partial charge is 0.138 e. The number of hydrogen-bond donors (Lipinski definition) is 0. The van der Waals surface area contributed by atoms with Crippen molar-refractivity contribution < 1.29 is 9.47 Å². The molecule has 0 unspecified atom stereocenters. The van der Waals surface area contributed by atoms with E-state index in [9.17, 15) is 0 Å². The number of rotatable bonds is 6. The summed E-state index contributed by atoms with van der Waals surface area (Å²) in [4.78, 5) is 0. The average molecular weight is 425 g/mol. The van der Waals surface area contributed by atoms with Crippen LogP contribution < -0.4 is 14.8 Å². The molecule has 0 bridgehead atoms. The Morgan fingerprint density at radius 2 is 1.27 bits per heavy atom. The van der Waals surface area contributed by atoms with Gasteiger partial charge in [0.05, 0.1) is 19.5 Å². The molecule has 0 heterocycles. The van der Waals surface area contributed by atoms with E-state index in [0.717, 1.165) is 22.8 Å². The van der Waals surface area contributed by atoms with Gasteiger partial charge < -0.3 is 9.47 Å². The van der Waals surface area contributed by atoms with Crippen molar-refractivity contribution in [3.05, 3.63) is 42.0 Å². The van der Waals surface area contributed by atoms with Crippen LogP contribution in [0, 0.1) is 6.92 Å². The topological polar surface area (TPSA) is 18.5 Å². The van der Waals surface area contributed by atoms with E-state index in [2.05, 4.69) is 43.3 Å². The molecule has 2 aromatic rings. The maximum atomic E-state index is 6.20. The zero-order chi connectivity index (χ0) is 20.9. The minimum absolute atomic E-state index is 0.308. The van der Waals surface area contributed by atoms with Crippen LogP contribution >= 0.6 is 7.92 Å². The highest BCUT2D eigenvalue weighted by atomic mass is 31.1. The van der Waals surface area contributed by atoms with Crippen molar-refractivity contribution in [1.29, 1.82) is 0 Å². The Kier molecular flexibility index (Phi) is 7.37. The predicted molar refractivity (Wildman–Crippen MR) is 130 cm³/mol. The molecule has 0 spiro atoms. The van der Waals surface area contributed by atoms with Gasteiger partial charge in [0.25, 0.3) is 0 Å². The Balaban J connectivity index is 1.85. The number of hydrogen-bond acceptors (Lipinski definition) is 2. The molecule has 162 valence electrons. The molecule has 0 N–H and O–H groups in total. The molecule has 30 heavy (non-hydrogen) atoms. The lowest BCUT2D eigenvalue weighted by Crippen LogP contribution is -2.28. The maximum absolute atomic E-state index is 6.20. The number of benzene rings is 2. The lowest BCUT2D eigenvalue weighted by Gasteiger charge is -2.40. The van der Waals surface area contributed by atoms with E-state index >= 15 is 0 Å².